The van der Waals surface area contributed by atoms with Crippen molar-refractivity contribution < 1.29 is 19.1 Å². The van der Waals surface area contributed by atoms with E-state index in [1.807, 2.05) is 0 Å². The van der Waals surface area contributed by atoms with Gasteiger partial charge in [-0.05, 0) is 0 Å². The van der Waals surface area contributed by atoms with Crippen LogP contribution in [0.25, 0.3) is 0 Å². The van der Waals surface area contributed by atoms with E-state index in [-0.39, 0.29) is 35.4 Å². The van der Waals surface area contributed by atoms with Crippen molar-refractivity contribution in [2.24, 2.45) is 0 Å². The third-order valence-electron chi connectivity index (χ3n) is 4.07. The van der Waals surface area contributed by atoms with Gasteiger partial charge >= 0.3 is 6.01 Å². The number of piperazine rings is 2. The Morgan fingerprint density at radius 3 is 2.83 bits per heavy atom. The number of hydrogen-bond acceptors (Lipinski definition) is 7. The molecule has 1 aromatic heterocycles. The van der Waals surface area contributed by atoms with Crippen LogP contribution in [-0.4, -0.2) is 84.6 Å². The van der Waals surface area contributed by atoms with Gasteiger partial charge in [0.05, 0.1) is 14.2 Å². The Morgan fingerprint density at radius 1 is 1.26 bits per heavy atom. The highest BCUT2D eigenvalue weighted by molar-refractivity contribution is 5.93. The van der Waals surface area contributed by atoms with Gasteiger partial charge in [0.15, 0.2) is 0 Å². The molecule has 0 radical (unpaired) electrons. The molecule has 9 heteroatoms. The third-order valence-corrected chi connectivity index (χ3v) is 4.07. The quantitative estimate of drug-likeness (QED) is 0.743. The zero-order valence-electron chi connectivity index (χ0n) is 13.1. The minimum absolute atomic E-state index is 0.0356. The van der Waals surface area contributed by atoms with Crippen molar-refractivity contribution in [1.82, 2.24) is 25.1 Å². The van der Waals surface area contributed by atoms with Crippen molar-refractivity contribution in [3.63, 3.8) is 0 Å². The van der Waals surface area contributed by atoms with Crippen LogP contribution < -0.4 is 14.8 Å². The van der Waals surface area contributed by atoms with Gasteiger partial charge in [0.2, 0.25) is 11.8 Å². The molecule has 2 aliphatic rings. The molecule has 124 valence electrons. The number of nitrogens with one attached hydrogen (secondary N) is 1. The second kappa shape index (κ2) is 6.37. The fourth-order valence-electron chi connectivity index (χ4n) is 2.83. The van der Waals surface area contributed by atoms with E-state index in [0.717, 1.165) is 6.54 Å². The van der Waals surface area contributed by atoms with Crippen molar-refractivity contribution >= 4 is 11.8 Å². The molecule has 0 saturated carbocycles. The van der Waals surface area contributed by atoms with Crippen LogP contribution in [0.4, 0.5) is 0 Å². The lowest BCUT2D eigenvalue weighted by atomic mass is 10.1. The SMILES string of the molecule is COc1cc(C(=O)N2CCN3CCNC(=O)C3C2)nc(OC)n1. The number of carbonyl (C=O) groups excluding carboxylic acids is 2. The van der Waals surface area contributed by atoms with Gasteiger partial charge in [-0.3, -0.25) is 14.5 Å². The maximum atomic E-state index is 12.7. The molecule has 0 spiro atoms. The van der Waals surface area contributed by atoms with E-state index in [1.165, 1.54) is 20.3 Å². The van der Waals surface area contributed by atoms with E-state index in [9.17, 15) is 9.59 Å². The number of rotatable bonds is 3. The number of amides is 2. The molecule has 0 aromatic carbocycles. The highest BCUT2D eigenvalue weighted by Crippen LogP contribution is 2.18. The Hall–Kier alpha value is -2.42. The van der Waals surface area contributed by atoms with Crippen LogP contribution in [0, 0.1) is 0 Å². The van der Waals surface area contributed by atoms with Crippen LogP contribution >= 0.6 is 0 Å². The second-order valence-electron chi connectivity index (χ2n) is 5.38. The number of hydrogen-bond donors (Lipinski definition) is 1. The van der Waals surface area contributed by atoms with Crippen molar-refractivity contribution in [2.45, 2.75) is 6.04 Å². The predicted molar refractivity (Wildman–Crippen MR) is 79.4 cm³/mol. The van der Waals surface area contributed by atoms with Gasteiger partial charge in [0.25, 0.3) is 5.91 Å². The Balaban J connectivity index is 1.79. The van der Waals surface area contributed by atoms with Crippen molar-refractivity contribution in [3.8, 4) is 11.9 Å². The molecule has 3 rings (SSSR count). The maximum Gasteiger partial charge on any atom is 0.320 e. The summed E-state index contributed by atoms with van der Waals surface area (Å²) in [6.07, 6.45) is 0. The van der Waals surface area contributed by atoms with Gasteiger partial charge in [-0.15, -0.1) is 0 Å². The molecule has 0 bridgehead atoms. The summed E-state index contributed by atoms with van der Waals surface area (Å²) in [4.78, 5) is 36.5. The van der Waals surface area contributed by atoms with Gasteiger partial charge in [-0.2, -0.15) is 9.97 Å². The maximum absolute atomic E-state index is 12.7. The van der Waals surface area contributed by atoms with E-state index in [1.54, 1.807) is 4.90 Å². The summed E-state index contributed by atoms with van der Waals surface area (Å²) in [5.41, 5.74) is 0.193. The molecule has 1 aromatic rings. The first-order valence-corrected chi connectivity index (χ1v) is 7.40. The van der Waals surface area contributed by atoms with Crippen LogP contribution in [0.2, 0.25) is 0 Å². The molecule has 2 fully saturated rings. The average molecular weight is 321 g/mol. The summed E-state index contributed by atoms with van der Waals surface area (Å²) in [7, 11) is 2.88. The van der Waals surface area contributed by atoms with Crippen molar-refractivity contribution in [2.75, 3.05) is 46.9 Å². The molecule has 2 amide bonds. The fraction of sp³-hybridized carbons (Fsp3) is 0.571. The Bertz CT molecular complexity index is 601. The molecule has 0 aliphatic carbocycles. The van der Waals surface area contributed by atoms with Crippen molar-refractivity contribution in [1.29, 1.82) is 0 Å². The van der Waals surface area contributed by atoms with Gasteiger partial charge in [-0.1, -0.05) is 0 Å². The minimum atomic E-state index is -0.299. The standard InChI is InChI=1S/C14H19N5O4/c1-22-11-7-9(16-14(17-11)23-2)13(21)19-6-5-18-4-3-15-12(20)10(18)8-19/h7,10H,3-6,8H2,1-2H3,(H,15,20). The van der Waals surface area contributed by atoms with Crippen LogP contribution in [-0.2, 0) is 4.79 Å². The average Bonchev–Trinajstić information content (AvgIpc) is 2.60. The summed E-state index contributed by atoms with van der Waals surface area (Å²) in [5, 5.41) is 2.83. The number of ether oxygens (including phenoxy) is 2. The van der Waals surface area contributed by atoms with Crippen molar-refractivity contribution in [3.05, 3.63) is 11.8 Å². The summed E-state index contributed by atoms with van der Waals surface area (Å²) in [6, 6.07) is 1.24. The van der Waals surface area contributed by atoms with Crippen LogP contribution in [0.15, 0.2) is 6.07 Å². The normalized spacial score (nSPS) is 21.4. The predicted octanol–water partition coefficient (Wildman–Crippen LogP) is -1.25. The number of carbonyl (C=O) groups is 2. The summed E-state index contributed by atoms with van der Waals surface area (Å²) in [6.45, 7) is 3.04. The lowest BCUT2D eigenvalue weighted by Gasteiger charge is -2.42. The first-order chi connectivity index (χ1) is 11.1. The van der Waals surface area contributed by atoms with E-state index in [2.05, 4.69) is 20.2 Å². The molecular formula is C14H19N5O4. The number of methoxy groups -OCH3 is 2. The van der Waals surface area contributed by atoms with Crippen LogP contribution in [0.5, 0.6) is 11.9 Å². The lowest BCUT2D eigenvalue weighted by Crippen LogP contribution is -2.64. The first kappa shape index (κ1) is 15.5. The molecule has 23 heavy (non-hydrogen) atoms. The molecule has 1 atom stereocenters. The van der Waals surface area contributed by atoms with E-state index in [0.29, 0.717) is 26.2 Å². The minimum Gasteiger partial charge on any atom is -0.481 e. The van der Waals surface area contributed by atoms with Gasteiger partial charge in [-0.25, -0.2) is 0 Å². The topological polar surface area (TPSA) is 96.9 Å². The van der Waals surface area contributed by atoms with Crippen LogP contribution in [0.1, 0.15) is 10.5 Å². The first-order valence-electron chi connectivity index (χ1n) is 7.40. The molecule has 1 N–H and O–H groups in total. The van der Waals surface area contributed by atoms with Gasteiger partial charge in [0, 0.05) is 38.8 Å². The summed E-state index contributed by atoms with van der Waals surface area (Å²) < 4.78 is 10.1. The Kier molecular flexibility index (Phi) is 4.28. The smallest absolute Gasteiger partial charge is 0.320 e. The van der Waals surface area contributed by atoms with E-state index in [4.69, 9.17) is 9.47 Å². The summed E-state index contributed by atoms with van der Waals surface area (Å²) in [5.74, 6) is -0.0390. The second-order valence-corrected chi connectivity index (χ2v) is 5.38. The number of fused-ring (bicyclic) bond motifs is 1. The van der Waals surface area contributed by atoms with Crippen LogP contribution in [0.3, 0.4) is 0 Å². The molecule has 2 aliphatic heterocycles. The molecule has 3 heterocycles. The Morgan fingerprint density at radius 2 is 2.09 bits per heavy atom. The van der Waals surface area contributed by atoms with E-state index < -0.39 is 0 Å². The molecule has 9 nitrogen and oxygen atoms in total. The highest BCUT2D eigenvalue weighted by atomic mass is 16.5. The molecule has 1 unspecified atom stereocenters. The fourth-order valence-corrected chi connectivity index (χ4v) is 2.83. The van der Waals surface area contributed by atoms with Gasteiger partial charge < -0.3 is 19.7 Å². The zero-order valence-corrected chi connectivity index (χ0v) is 13.1. The highest BCUT2D eigenvalue weighted by Gasteiger charge is 2.36. The largest absolute Gasteiger partial charge is 0.481 e. The zero-order chi connectivity index (χ0) is 16.4. The third kappa shape index (κ3) is 3.04. The number of aromatic nitrogens is 2. The lowest BCUT2D eigenvalue weighted by molar-refractivity contribution is -0.131. The van der Waals surface area contributed by atoms with Gasteiger partial charge in [0.1, 0.15) is 11.7 Å². The Labute approximate surface area is 133 Å². The van der Waals surface area contributed by atoms with E-state index >= 15 is 0 Å². The monoisotopic (exact) mass is 321 g/mol. The molecule has 2 saturated heterocycles. The molecular weight excluding hydrogens is 302 g/mol. The summed E-state index contributed by atoms with van der Waals surface area (Å²) >= 11 is 0. The number of nitrogens with zero attached hydrogens (tertiary/aromatic N) is 4.